The van der Waals surface area contributed by atoms with Gasteiger partial charge in [-0.2, -0.15) is 0 Å². The average Bonchev–Trinajstić information content (AvgIpc) is 2.89. The third-order valence-electron chi connectivity index (χ3n) is 3.58. The number of rotatable bonds is 6. The third kappa shape index (κ3) is 4.11. The zero-order chi connectivity index (χ0) is 17.0. The molecular formula is C18H20N2O2S. The highest BCUT2D eigenvalue weighted by molar-refractivity contribution is 7.16. The third-order valence-corrected chi connectivity index (χ3v) is 4.61. The van der Waals surface area contributed by atoms with E-state index in [4.69, 9.17) is 16.5 Å². The number of terminal acetylenes is 1. The van der Waals surface area contributed by atoms with Gasteiger partial charge >= 0.3 is 5.97 Å². The predicted octanol–water partition coefficient (Wildman–Crippen LogP) is 3.59. The monoisotopic (exact) mass is 328 g/mol. The molecule has 1 aromatic heterocycles. The number of benzene rings is 1. The molecular weight excluding hydrogens is 308 g/mol. The number of carboxylic acid groups (broad SMARTS) is 1. The van der Waals surface area contributed by atoms with Gasteiger partial charge in [0, 0.05) is 17.0 Å². The van der Waals surface area contributed by atoms with Crippen molar-refractivity contribution >= 4 is 22.4 Å². The summed E-state index contributed by atoms with van der Waals surface area (Å²) in [6, 6.07) is 8.21. The van der Waals surface area contributed by atoms with Gasteiger partial charge in [0.05, 0.1) is 18.2 Å². The Morgan fingerprint density at radius 2 is 2.04 bits per heavy atom. The Hall–Kier alpha value is -2.32. The highest BCUT2D eigenvalue weighted by atomic mass is 32.1. The molecule has 0 fully saturated rings. The number of carbonyl (C=O) groups is 1. The first-order valence-electron chi connectivity index (χ1n) is 7.38. The molecule has 0 aliphatic rings. The topological polar surface area (TPSA) is 53.4 Å². The zero-order valence-corrected chi connectivity index (χ0v) is 14.4. The lowest BCUT2D eigenvalue weighted by Gasteiger charge is -2.21. The van der Waals surface area contributed by atoms with Crippen LogP contribution < -0.4 is 4.90 Å². The quantitative estimate of drug-likeness (QED) is 0.824. The first kappa shape index (κ1) is 17.0. The molecule has 23 heavy (non-hydrogen) atoms. The van der Waals surface area contributed by atoms with Crippen LogP contribution in [0.4, 0.5) is 5.13 Å². The van der Waals surface area contributed by atoms with E-state index in [0.717, 1.165) is 21.3 Å². The maximum Gasteiger partial charge on any atom is 0.308 e. The minimum atomic E-state index is -0.834. The first-order chi connectivity index (χ1) is 10.9. The van der Waals surface area contributed by atoms with Crippen LogP contribution in [0.2, 0.25) is 0 Å². The van der Waals surface area contributed by atoms with Crippen molar-refractivity contribution in [3.8, 4) is 23.6 Å². The molecule has 1 unspecified atom stereocenters. The number of aliphatic carboxylic acids is 1. The fourth-order valence-electron chi connectivity index (χ4n) is 2.23. The number of anilines is 1. The summed E-state index contributed by atoms with van der Waals surface area (Å²) in [5, 5.41) is 9.88. The van der Waals surface area contributed by atoms with Crippen LogP contribution in [0.5, 0.6) is 0 Å². The molecule has 0 radical (unpaired) electrons. The molecule has 1 N–H and O–H groups in total. The maximum atomic E-state index is 11.1. The Morgan fingerprint density at radius 3 is 2.61 bits per heavy atom. The highest BCUT2D eigenvalue weighted by Gasteiger charge is 2.20. The van der Waals surface area contributed by atoms with Gasteiger partial charge in [0.1, 0.15) is 0 Å². The van der Waals surface area contributed by atoms with Crippen molar-refractivity contribution in [1.29, 1.82) is 0 Å². The first-order valence-corrected chi connectivity index (χ1v) is 8.19. The molecule has 5 heteroatoms. The second kappa shape index (κ2) is 7.30. The summed E-state index contributed by atoms with van der Waals surface area (Å²) in [7, 11) is 0. The van der Waals surface area contributed by atoms with Crippen LogP contribution in [0, 0.1) is 32.1 Å². The number of hydrogen-bond acceptors (Lipinski definition) is 4. The average molecular weight is 328 g/mol. The van der Waals surface area contributed by atoms with E-state index in [-0.39, 0.29) is 0 Å². The summed E-state index contributed by atoms with van der Waals surface area (Å²) in [4.78, 5) is 18.7. The van der Waals surface area contributed by atoms with E-state index in [1.165, 1.54) is 5.56 Å². The van der Waals surface area contributed by atoms with Crippen LogP contribution in [0.1, 0.15) is 17.4 Å². The number of aromatic nitrogens is 1. The Labute approximate surface area is 140 Å². The minimum absolute atomic E-state index is 0.345. The molecule has 0 saturated heterocycles. The predicted molar refractivity (Wildman–Crippen MR) is 94.9 cm³/mol. The lowest BCUT2D eigenvalue weighted by molar-refractivity contribution is -0.140. The summed E-state index contributed by atoms with van der Waals surface area (Å²) in [6.07, 6.45) is 5.43. The van der Waals surface area contributed by atoms with E-state index in [0.29, 0.717) is 13.1 Å². The summed E-state index contributed by atoms with van der Waals surface area (Å²) in [6.45, 7) is 6.43. The van der Waals surface area contributed by atoms with E-state index < -0.39 is 11.9 Å². The van der Waals surface area contributed by atoms with Crippen molar-refractivity contribution in [3.05, 3.63) is 34.7 Å². The Kier molecular flexibility index (Phi) is 5.41. The van der Waals surface area contributed by atoms with E-state index in [9.17, 15) is 4.79 Å². The van der Waals surface area contributed by atoms with Gasteiger partial charge in [-0.1, -0.05) is 42.7 Å². The van der Waals surface area contributed by atoms with Crippen molar-refractivity contribution in [2.24, 2.45) is 5.92 Å². The molecule has 1 atom stereocenters. The van der Waals surface area contributed by atoms with Crippen LogP contribution in [-0.4, -0.2) is 29.1 Å². The molecule has 0 saturated carbocycles. The van der Waals surface area contributed by atoms with Crippen molar-refractivity contribution < 1.29 is 9.90 Å². The van der Waals surface area contributed by atoms with Gasteiger partial charge in [-0.25, -0.2) is 4.98 Å². The Morgan fingerprint density at radius 1 is 1.39 bits per heavy atom. The van der Waals surface area contributed by atoms with Crippen LogP contribution in [-0.2, 0) is 4.79 Å². The highest BCUT2D eigenvalue weighted by Crippen LogP contribution is 2.32. The summed E-state index contributed by atoms with van der Waals surface area (Å²) in [5.74, 6) is 1.25. The maximum absolute atomic E-state index is 11.1. The summed E-state index contributed by atoms with van der Waals surface area (Å²) < 4.78 is 0. The van der Waals surface area contributed by atoms with E-state index >= 15 is 0 Å². The number of carboxylic acids is 1. The second-order valence-corrected chi connectivity index (χ2v) is 6.77. The van der Waals surface area contributed by atoms with Gasteiger partial charge in [0.2, 0.25) is 0 Å². The summed E-state index contributed by atoms with van der Waals surface area (Å²) >= 11 is 1.54. The van der Waals surface area contributed by atoms with Crippen molar-refractivity contribution in [2.45, 2.75) is 20.8 Å². The van der Waals surface area contributed by atoms with Crippen LogP contribution in [0.15, 0.2) is 24.3 Å². The molecule has 1 aromatic carbocycles. The largest absolute Gasteiger partial charge is 0.481 e. The molecule has 0 amide bonds. The molecule has 2 aromatic rings. The van der Waals surface area contributed by atoms with Crippen LogP contribution in [0.3, 0.4) is 0 Å². The lowest BCUT2D eigenvalue weighted by Crippen LogP contribution is -2.32. The van der Waals surface area contributed by atoms with E-state index in [1.807, 2.05) is 30.9 Å². The van der Waals surface area contributed by atoms with Crippen LogP contribution >= 0.6 is 11.3 Å². The SMILES string of the molecule is C#CCN(CC(C)C(=O)O)c1nc(-c2ccc(C)cc2)c(C)s1. The Balaban J connectivity index is 2.31. The molecule has 0 spiro atoms. The molecule has 2 rings (SSSR count). The van der Waals surface area contributed by atoms with Gasteiger partial charge in [-0.05, 0) is 13.8 Å². The minimum Gasteiger partial charge on any atom is -0.481 e. The molecule has 4 nitrogen and oxygen atoms in total. The number of aryl methyl sites for hydroxylation is 2. The molecule has 0 bridgehead atoms. The fourth-order valence-corrected chi connectivity index (χ4v) is 3.17. The zero-order valence-electron chi connectivity index (χ0n) is 13.5. The molecule has 0 aliphatic heterocycles. The molecule has 0 aliphatic carbocycles. The number of thiazole rings is 1. The molecule has 1 heterocycles. The fraction of sp³-hybridized carbons (Fsp3) is 0.333. The van der Waals surface area contributed by atoms with Gasteiger partial charge < -0.3 is 10.0 Å². The summed E-state index contributed by atoms with van der Waals surface area (Å²) in [5.41, 5.74) is 3.18. The molecule has 120 valence electrons. The van der Waals surface area contributed by atoms with Gasteiger partial charge in [-0.15, -0.1) is 17.8 Å². The number of hydrogen-bond donors (Lipinski definition) is 1. The lowest BCUT2D eigenvalue weighted by atomic mass is 10.1. The second-order valence-electron chi connectivity index (χ2n) is 5.59. The van der Waals surface area contributed by atoms with Crippen molar-refractivity contribution in [1.82, 2.24) is 4.98 Å². The van der Waals surface area contributed by atoms with Gasteiger partial charge in [0.15, 0.2) is 5.13 Å². The van der Waals surface area contributed by atoms with E-state index in [2.05, 4.69) is 18.1 Å². The van der Waals surface area contributed by atoms with Crippen LogP contribution in [0.25, 0.3) is 11.3 Å². The Bertz CT molecular complexity index is 728. The van der Waals surface area contributed by atoms with Crippen molar-refractivity contribution in [2.75, 3.05) is 18.0 Å². The van der Waals surface area contributed by atoms with Gasteiger partial charge in [0.25, 0.3) is 0 Å². The van der Waals surface area contributed by atoms with Crippen molar-refractivity contribution in [3.63, 3.8) is 0 Å². The van der Waals surface area contributed by atoms with Gasteiger partial charge in [-0.3, -0.25) is 4.79 Å². The smallest absolute Gasteiger partial charge is 0.308 e. The normalized spacial score (nSPS) is 11.7. The van der Waals surface area contributed by atoms with E-state index in [1.54, 1.807) is 18.3 Å². The number of nitrogens with zero attached hydrogens (tertiary/aromatic N) is 2. The standard InChI is InChI=1S/C18H20N2O2S/c1-5-10-20(11-13(3)17(21)22)18-19-16(14(4)23-18)15-8-6-12(2)7-9-15/h1,6-9,13H,10-11H2,2-4H3,(H,21,22).